The third-order valence-electron chi connectivity index (χ3n) is 5.11. The summed E-state index contributed by atoms with van der Waals surface area (Å²) in [5.41, 5.74) is 0.539. The van der Waals surface area contributed by atoms with Crippen LogP contribution in [0.3, 0.4) is 0 Å². The number of thiazole rings is 1. The highest BCUT2D eigenvalue weighted by Crippen LogP contribution is 2.49. The Bertz CT molecular complexity index is 674. The zero-order chi connectivity index (χ0) is 18.5. The molecule has 1 heterocycles. The SMILES string of the molecule is CCOC(=O)Cc1csc(NC(=O)COC(=O)C[C@@H]2C[C@@H]3CC[C@@H]2C3)n1. The van der Waals surface area contributed by atoms with Crippen molar-refractivity contribution in [1.82, 2.24) is 4.98 Å². The first kappa shape index (κ1) is 18.8. The van der Waals surface area contributed by atoms with E-state index >= 15 is 0 Å². The molecule has 8 heteroatoms. The average molecular weight is 380 g/mol. The summed E-state index contributed by atoms with van der Waals surface area (Å²) < 4.78 is 9.96. The molecule has 3 rings (SSSR count). The van der Waals surface area contributed by atoms with Gasteiger partial charge in [0.15, 0.2) is 11.7 Å². The number of nitrogens with one attached hydrogen (secondary N) is 1. The number of hydrogen-bond acceptors (Lipinski definition) is 7. The number of esters is 2. The second-order valence-corrected chi connectivity index (χ2v) is 7.83. The van der Waals surface area contributed by atoms with Crippen molar-refractivity contribution < 1.29 is 23.9 Å². The predicted molar refractivity (Wildman–Crippen MR) is 95.6 cm³/mol. The molecular formula is C18H24N2O5S. The first-order chi connectivity index (χ1) is 12.5. The van der Waals surface area contributed by atoms with Crippen molar-refractivity contribution in [1.29, 1.82) is 0 Å². The lowest BCUT2D eigenvalue weighted by Crippen LogP contribution is -2.23. The number of rotatable bonds is 8. The minimum Gasteiger partial charge on any atom is -0.466 e. The van der Waals surface area contributed by atoms with Gasteiger partial charge in [0.25, 0.3) is 5.91 Å². The van der Waals surface area contributed by atoms with E-state index in [-0.39, 0.29) is 25.0 Å². The van der Waals surface area contributed by atoms with E-state index in [4.69, 9.17) is 9.47 Å². The molecule has 1 aromatic rings. The van der Waals surface area contributed by atoms with Crippen LogP contribution in [0.2, 0.25) is 0 Å². The molecule has 142 valence electrons. The molecule has 7 nitrogen and oxygen atoms in total. The summed E-state index contributed by atoms with van der Waals surface area (Å²) in [5.74, 6) is 0.784. The van der Waals surface area contributed by atoms with E-state index < -0.39 is 5.91 Å². The fraction of sp³-hybridized carbons (Fsp3) is 0.667. The van der Waals surface area contributed by atoms with Gasteiger partial charge in [-0.3, -0.25) is 19.7 Å². The molecule has 2 bridgehead atoms. The maximum absolute atomic E-state index is 12.0. The van der Waals surface area contributed by atoms with Crippen LogP contribution in [0.25, 0.3) is 0 Å². The van der Waals surface area contributed by atoms with Gasteiger partial charge in [-0.05, 0) is 43.9 Å². The molecule has 3 atom stereocenters. The second kappa shape index (κ2) is 8.62. The smallest absolute Gasteiger partial charge is 0.311 e. The minimum absolute atomic E-state index is 0.0682. The molecule has 0 radical (unpaired) electrons. The summed E-state index contributed by atoms with van der Waals surface area (Å²) in [7, 11) is 0. The van der Waals surface area contributed by atoms with Gasteiger partial charge in [-0.2, -0.15) is 0 Å². The highest BCUT2D eigenvalue weighted by molar-refractivity contribution is 7.13. The van der Waals surface area contributed by atoms with Gasteiger partial charge in [0, 0.05) is 11.8 Å². The van der Waals surface area contributed by atoms with Crippen LogP contribution in [-0.4, -0.2) is 36.0 Å². The van der Waals surface area contributed by atoms with E-state index in [0.29, 0.717) is 35.7 Å². The lowest BCUT2D eigenvalue weighted by atomic mass is 9.86. The monoisotopic (exact) mass is 380 g/mol. The molecule has 1 amide bonds. The van der Waals surface area contributed by atoms with Crippen molar-refractivity contribution in [3.05, 3.63) is 11.1 Å². The first-order valence-electron chi connectivity index (χ1n) is 9.09. The van der Waals surface area contributed by atoms with Gasteiger partial charge in [0.05, 0.1) is 18.7 Å². The van der Waals surface area contributed by atoms with Gasteiger partial charge in [0.1, 0.15) is 0 Å². The Kier molecular flexibility index (Phi) is 6.24. The van der Waals surface area contributed by atoms with Crippen LogP contribution in [0.5, 0.6) is 0 Å². The number of carbonyl (C=O) groups excluding carboxylic acids is 3. The zero-order valence-corrected chi connectivity index (χ0v) is 15.7. The summed E-state index contributed by atoms with van der Waals surface area (Å²) in [5, 5.41) is 4.64. The zero-order valence-electron chi connectivity index (χ0n) is 14.9. The van der Waals surface area contributed by atoms with E-state index in [9.17, 15) is 14.4 Å². The van der Waals surface area contributed by atoms with Gasteiger partial charge >= 0.3 is 11.9 Å². The van der Waals surface area contributed by atoms with E-state index in [0.717, 1.165) is 12.3 Å². The number of hydrogen-bond donors (Lipinski definition) is 1. The van der Waals surface area contributed by atoms with Crippen LogP contribution in [0.15, 0.2) is 5.38 Å². The Morgan fingerprint density at radius 3 is 2.77 bits per heavy atom. The molecule has 2 aliphatic carbocycles. The highest BCUT2D eigenvalue weighted by atomic mass is 32.1. The summed E-state index contributed by atoms with van der Waals surface area (Å²) in [6.45, 7) is 1.75. The van der Waals surface area contributed by atoms with Gasteiger partial charge in [-0.15, -0.1) is 11.3 Å². The Hall–Kier alpha value is -1.96. The molecule has 0 aromatic carbocycles. The Labute approximate surface area is 156 Å². The normalized spacial score (nSPS) is 23.7. The van der Waals surface area contributed by atoms with Crippen LogP contribution in [0, 0.1) is 17.8 Å². The standard InChI is InChI=1S/C18H24N2O5S/c1-2-24-17(23)8-14-10-26-18(19-14)20-15(21)9-25-16(22)7-13-6-11-3-4-12(13)5-11/h10-13H,2-9H2,1H3,(H,19,20,21)/t11-,12-,13+/m1/s1. The van der Waals surface area contributed by atoms with Gasteiger partial charge < -0.3 is 9.47 Å². The van der Waals surface area contributed by atoms with Crippen molar-refractivity contribution in [3.63, 3.8) is 0 Å². The fourth-order valence-electron chi connectivity index (χ4n) is 4.01. The highest BCUT2D eigenvalue weighted by Gasteiger charge is 2.40. The van der Waals surface area contributed by atoms with Gasteiger partial charge in [-0.25, -0.2) is 4.98 Å². The minimum atomic E-state index is -0.427. The Morgan fingerprint density at radius 1 is 1.23 bits per heavy atom. The van der Waals surface area contributed by atoms with E-state index in [1.54, 1.807) is 12.3 Å². The topological polar surface area (TPSA) is 94.6 Å². The summed E-state index contributed by atoms with van der Waals surface area (Å²) in [6.07, 6.45) is 5.37. The summed E-state index contributed by atoms with van der Waals surface area (Å²) >= 11 is 1.22. The van der Waals surface area contributed by atoms with Crippen molar-refractivity contribution in [2.45, 2.75) is 45.4 Å². The first-order valence-corrected chi connectivity index (χ1v) is 9.97. The molecule has 1 aromatic heterocycles. The molecule has 0 spiro atoms. The van der Waals surface area contributed by atoms with Crippen molar-refractivity contribution in [2.75, 3.05) is 18.5 Å². The molecule has 2 aliphatic rings. The Balaban J connectivity index is 1.36. The number of fused-ring (bicyclic) bond motifs is 2. The van der Waals surface area contributed by atoms with Crippen LogP contribution in [0.1, 0.15) is 44.7 Å². The number of nitrogens with zero attached hydrogens (tertiary/aromatic N) is 1. The van der Waals surface area contributed by atoms with Gasteiger partial charge in [0.2, 0.25) is 0 Å². The van der Waals surface area contributed by atoms with Crippen LogP contribution < -0.4 is 5.32 Å². The quantitative estimate of drug-likeness (QED) is 0.697. The van der Waals surface area contributed by atoms with Crippen molar-refractivity contribution in [3.8, 4) is 0 Å². The van der Waals surface area contributed by atoms with E-state index in [1.165, 1.54) is 30.6 Å². The van der Waals surface area contributed by atoms with E-state index in [2.05, 4.69) is 10.3 Å². The molecular weight excluding hydrogens is 356 g/mol. The van der Waals surface area contributed by atoms with Crippen molar-refractivity contribution >= 4 is 34.3 Å². The van der Waals surface area contributed by atoms with Crippen LogP contribution in [0.4, 0.5) is 5.13 Å². The number of carbonyl (C=O) groups is 3. The molecule has 0 saturated heterocycles. The van der Waals surface area contributed by atoms with E-state index in [1.807, 2.05) is 0 Å². The maximum Gasteiger partial charge on any atom is 0.311 e. The largest absolute Gasteiger partial charge is 0.466 e. The van der Waals surface area contributed by atoms with Crippen molar-refractivity contribution in [2.24, 2.45) is 17.8 Å². The molecule has 2 fully saturated rings. The van der Waals surface area contributed by atoms with Gasteiger partial charge in [-0.1, -0.05) is 6.42 Å². The third kappa shape index (κ3) is 5.03. The number of amides is 1. The summed E-state index contributed by atoms with van der Waals surface area (Å²) in [6, 6.07) is 0. The molecule has 0 unspecified atom stereocenters. The molecule has 2 saturated carbocycles. The third-order valence-corrected chi connectivity index (χ3v) is 5.91. The lowest BCUT2D eigenvalue weighted by Gasteiger charge is -2.20. The number of aromatic nitrogens is 1. The molecule has 26 heavy (non-hydrogen) atoms. The second-order valence-electron chi connectivity index (χ2n) is 6.97. The molecule has 0 aliphatic heterocycles. The predicted octanol–water partition coefficient (Wildman–Crippen LogP) is 2.56. The number of anilines is 1. The maximum atomic E-state index is 12.0. The summed E-state index contributed by atoms with van der Waals surface area (Å²) in [4.78, 5) is 39.4. The lowest BCUT2D eigenvalue weighted by molar-refractivity contribution is -0.148. The fourth-order valence-corrected chi connectivity index (χ4v) is 4.73. The van der Waals surface area contributed by atoms with Crippen LogP contribution >= 0.6 is 11.3 Å². The number of ether oxygens (including phenoxy) is 2. The molecule has 1 N–H and O–H groups in total. The van der Waals surface area contributed by atoms with Crippen LogP contribution in [-0.2, 0) is 30.3 Å². The average Bonchev–Trinajstić information content (AvgIpc) is 3.31. The Morgan fingerprint density at radius 2 is 2.08 bits per heavy atom.